The number of aryl methyl sites for hydroxylation is 1. The second-order valence-corrected chi connectivity index (χ2v) is 6.70. The minimum Gasteiger partial charge on any atom is -0.393 e. The van der Waals surface area contributed by atoms with E-state index in [4.69, 9.17) is 0 Å². The first kappa shape index (κ1) is 16.5. The zero-order valence-electron chi connectivity index (χ0n) is 14.2. The summed E-state index contributed by atoms with van der Waals surface area (Å²) in [6, 6.07) is 6.85. The third kappa shape index (κ3) is 2.88. The van der Waals surface area contributed by atoms with Crippen LogP contribution in [0.3, 0.4) is 0 Å². The van der Waals surface area contributed by atoms with Gasteiger partial charge in [-0.25, -0.2) is 9.50 Å². The summed E-state index contributed by atoms with van der Waals surface area (Å²) in [5, 5.41) is 15.4. The van der Waals surface area contributed by atoms with Crippen LogP contribution in [0.1, 0.15) is 40.6 Å². The fraction of sp³-hybridized carbons (Fsp3) is 0.333. The van der Waals surface area contributed by atoms with Gasteiger partial charge in [-0.05, 0) is 37.8 Å². The summed E-state index contributed by atoms with van der Waals surface area (Å²) in [5.41, 5.74) is 1.47. The van der Waals surface area contributed by atoms with Crippen LogP contribution in [0.5, 0.6) is 0 Å². The summed E-state index contributed by atoms with van der Waals surface area (Å²) in [4.78, 5) is 33.8. The second-order valence-electron chi connectivity index (χ2n) is 6.70. The maximum absolute atomic E-state index is 12.8. The van der Waals surface area contributed by atoms with Gasteiger partial charge in [-0.15, -0.1) is 0 Å². The van der Waals surface area contributed by atoms with E-state index in [1.54, 1.807) is 18.3 Å². The highest BCUT2D eigenvalue weighted by Crippen LogP contribution is 2.37. The van der Waals surface area contributed by atoms with Crippen LogP contribution in [0.25, 0.3) is 5.65 Å². The van der Waals surface area contributed by atoms with Crippen LogP contribution < -0.4 is 10.9 Å². The van der Waals surface area contributed by atoms with E-state index in [1.165, 1.54) is 10.7 Å². The molecule has 8 nitrogen and oxygen atoms in total. The van der Waals surface area contributed by atoms with Crippen LogP contribution in [-0.4, -0.2) is 36.7 Å². The van der Waals surface area contributed by atoms with Crippen molar-refractivity contribution in [2.75, 3.05) is 0 Å². The van der Waals surface area contributed by atoms with Crippen LogP contribution >= 0.6 is 0 Å². The maximum atomic E-state index is 12.8. The number of amides is 1. The Hall–Kier alpha value is -3.00. The van der Waals surface area contributed by atoms with Crippen molar-refractivity contribution < 1.29 is 9.90 Å². The molecule has 0 radical (unpaired) electrons. The number of pyridine rings is 1. The smallest absolute Gasteiger partial charge is 0.285 e. The van der Waals surface area contributed by atoms with Gasteiger partial charge in [-0.2, -0.15) is 0 Å². The van der Waals surface area contributed by atoms with Crippen LogP contribution in [0.2, 0.25) is 0 Å². The van der Waals surface area contributed by atoms with Gasteiger partial charge in [0.05, 0.1) is 17.8 Å². The zero-order chi connectivity index (χ0) is 18.3. The molecule has 1 aliphatic carbocycles. The molecule has 1 amide bonds. The van der Waals surface area contributed by atoms with E-state index in [0.717, 1.165) is 5.69 Å². The lowest BCUT2D eigenvalue weighted by Gasteiger charge is -2.37. The number of nitrogens with zero attached hydrogens (tertiary/aromatic N) is 3. The minimum atomic E-state index is -0.499. The van der Waals surface area contributed by atoms with Gasteiger partial charge in [-0.1, -0.05) is 6.07 Å². The van der Waals surface area contributed by atoms with Gasteiger partial charge in [0.2, 0.25) is 0 Å². The molecule has 0 aromatic carbocycles. The predicted molar refractivity (Wildman–Crippen MR) is 93.7 cm³/mol. The lowest BCUT2D eigenvalue weighted by Crippen LogP contribution is -2.43. The van der Waals surface area contributed by atoms with E-state index in [0.29, 0.717) is 24.2 Å². The van der Waals surface area contributed by atoms with E-state index in [1.807, 2.05) is 19.1 Å². The number of hydrogen-bond donors (Lipinski definition) is 3. The molecule has 1 aliphatic rings. The highest BCUT2D eigenvalue weighted by atomic mass is 16.3. The molecule has 0 spiro atoms. The van der Waals surface area contributed by atoms with Crippen molar-refractivity contribution in [3.8, 4) is 0 Å². The molecule has 8 heteroatoms. The van der Waals surface area contributed by atoms with E-state index in [9.17, 15) is 14.7 Å². The normalized spacial score (nSPS) is 20.5. The molecule has 1 fully saturated rings. The van der Waals surface area contributed by atoms with Crippen molar-refractivity contribution in [3.63, 3.8) is 0 Å². The molecular weight excluding hydrogens is 334 g/mol. The molecule has 1 saturated carbocycles. The van der Waals surface area contributed by atoms with E-state index < -0.39 is 11.5 Å². The quantitative estimate of drug-likeness (QED) is 0.647. The Morgan fingerprint density at radius 3 is 2.88 bits per heavy atom. The van der Waals surface area contributed by atoms with E-state index >= 15 is 0 Å². The van der Waals surface area contributed by atoms with Gasteiger partial charge in [0.15, 0.2) is 5.65 Å². The highest BCUT2D eigenvalue weighted by molar-refractivity contribution is 5.94. The van der Waals surface area contributed by atoms with Crippen molar-refractivity contribution in [2.45, 2.75) is 31.9 Å². The molecule has 0 unspecified atom stereocenters. The molecule has 1 atom stereocenters. The first-order valence-corrected chi connectivity index (χ1v) is 8.50. The fourth-order valence-corrected chi connectivity index (χ4v) is 3.35. The largest absolute Gasteiger partial charge is 0.393 e. The topological polar surface area (TPSA) is 112 Å². The van der Waals surface area contributed by atoms with E-state index in [2.05, 4.69) is 20.4 Å². The number of carbonyl (C=O) groups is 1. The summed E-state index contributed by atoms with van der Waals surface area (Å²) >= 11 is 0. The monoisotopic (exact) mass is 353 g/mol. The molecule has 0 aliphatic heterocycles. The number of rotatable bonds is 4. The lowest BCUT2D eigenvalue weighted by molar-refractivity contribution is 0.0228. The second kappa shape index (κ2) is 6.38. The minimum absolute atomic E-state index is 0.0369. The average molecular weight is 353 g/mol. The zero-order valence-corrected chi connectivity index (χ0v) is 14.2. The number of hydrogen-bond acceptors (Lipinski definition) is 5. The first-order chi connectivity index (χ1) is 12.5. The molecule has 134 valence electrons. The van der Waals surface area contributed by atoms with Gasteiger partial charge in [-0.3, -0.25) is 19.7 Å². The van der Waals surface area contributed by atoms with Gasteiger partial charge >= 0.3 is 0 Å². The number of fused-ring (bicyclic) bond motifs is 1. The maximum Gasteiger partial charge on any atom is 0.285 e. The molecule has 4 rings (SSSR count). The van der Waals surface area contributed by atoms with Crippen molar-refractivity contribution in [1.29, 1.82) is 0 Å². The Bertz CT molecular complexity index is 1000. The molecule has 3 aromatic heterocycles. The number of aliphatic hydroxyl groups is 1. The number of nitrogens with one attached hydrogen (secondary N) is 2. The average Bonchev–Trinajstić information content (AvgIpc) is 2.99. The Kier molecular flexibility index (Phi) is 4.04. The lowest BCUT2D eigenvalue weighted by atomic mass is 9.76. The molecule has 3 heterocycles. The molecule has 3 aromatic rings. The molecule has 0 saturated heterocycles. The van der Waals surface area contributed by atoms with Crippen molar-refractivity contribution in [2.24, 2.45) is 5.92 Å². The van der Waals surface area contributed by atoms with Crippen molar-refractivity contribution in [1.82, 2.24) is 24.9 Å². The van der Waals surface area contributed by atoms with Gasteiger partial charge in [0.1, 0.15) is 5.56 Å². The van der Waals surface area contributed by atoms with E-state index in [-0.39, 0.29) is 23.6 Å². The standard InChI is InChI=1S/C18H19N5O3/c1-10-6-15-20-9-13(18(26)23(15)22-10)17(25)21-16(11-7-12(24)8-11)14-4-2-3-5-19-14/h2-6,9,11-12,16,22,24H,7-8H2,1H3,(H,21,25)/t11?,12?,16-/m1/s1. The third-order valence-corrected chi connectivity index (χ3v) is 4.78. The molecule has 26 heavy (non-hydrogen) atoms. The number of H-pyrrole nitrogens is 1. The fourth-order valence-electron chi connectivity index (χ4n) is 3.35. The Morgan fingerprint density at radius 1 is 1.38 bits per heavy atom. The van der Waals surface area contributed by atoms with Gasteiger partial charge in [0.25, 0.3) is 11.5 Å². The van der Waals surface area contributed by atoms with Gasteiger partial charge < -0.3 is 10.4 Å². The van der Waals surface area contributed by atoms with Crippen LogP contribution in [0.4, 0.5) is 0 Å². The first-order valence-electron chi connectivity index (χ1n) is 8.50. The molecular formula is C18H19N5O3. The van der Waals surface area contributed by atoms with Crippen LogP contribution in [-0.2, 0) is 0 Å². The number of aromatic amines is 1. The summed E-state index contributed by atoms with van der Waals surface area (Å²) in [7, 11) is 0. The highest BCUT2D eigenvalue weighted by Gasteiger charge is 2.36. The van der Waals surface area contributed by atoms with Crippen molar-refractivity contribution >= 4 is 11.6 Å². The SMILES string of the molecule is Cc1cc2ncc(C(=O)N[C@@H](c3ccccn3)C3CC(O)C3)c(=O)n2[nH]1. The Morgan fingerprint density at radius 2 is 2.19 bits per heavy atom. The molecule has 0 bridgehead atoms. The van der Waals surface area contributed by atoms with Crippen LogP contribution in [0, 0.1) is 12.8 Å². The molecule has 3 N–H and O–H groups in total. The summed E-state index contributed by atoms with van der Waals surface area (Å²) < 4.78 is 1.26. The summed E-state index contributed by atoms with van der Waals surface area (Å²) in [5.74, 6) is -0.419. The summed E-state index contributed by atoms with van der Waals surface area (Å²) in [6.45, 7) is 1.81. The Labute approximate surface area is 148 Å². The summed E-state index contributed by atoms with van der Waals surface area (Å²) in [6.07, 6.45) is 3.79. The third-order valence-electron chi connectivity index (χ3n) is 4.78. The number of aliphatic hydroxyl groups excluding tert-OH is 1. The number of carbonyl (C=O) groups excluding carboxylic acids is 1. The number of aromatic nitrogens is 4. The Balaban J connectivity index is 1.64. The van der Waals surface area contributed by atoms with Crippen molar-refractivity contribution in [3.05, 3.63) is 64.0 Å². The predicted octanol–water partition coefficient (Wildman–Crippen LogP) is 0.968. The van der Waals surface area contributed by atoms with Gasteiger partial charge in [0, 0.05) is 24.2 Å². The van der Waals surface area contributed by atoms with Crippen LogP contribution in [0.15, 0.2) is 41.5 Å².